The van der Waals surface area contributed by atoms with E-state index >= 15 is 0 Å². The van der Waals surface area contributed by atoms with E-state index in [4.69, 9.17) is 15.0 Å². The molecule has 0 atom stereocenters. The zero-order chi connectivity index (χ0) is 17.2. The smallest absolute Gasteiger partial charge is 0.246 e. The SMILES string of the molecule is COc1ccc(-c2noc(CN3CCCc4c(N)cccc43)n2)cc1. The third-order valence-electron chi connectivity index (χ3n) is 4.53. The average molecular weight is 336 g/mol. The van der Waals surface area contributed by atoms with Crippen molar-refractivity contribution in [2.24, 2.45) is 0 Å². The van der Waals surface area contributed by atoms with Crippen LogP contribution in [0.2, 0.25) is 0 Å². The lowest BCUT2D eigenvalue weighted by Gasteiger charge is -2.30. The van der Waals surface area contributed by atoms with Crippen molar-refractivity contribution in [3.63, 3.8) is 0 Å². The molecule has 0 spiro atoms. The number of nitrogens with two attached hydrogens (primary N) is 1. The van der Waals surface area contributed by atoms with Gasteiger partial charge in [-0.15, -0.1) is 0 Å². The predicted molar refractivity (Wildman–Crippen MR) is 96.5 cm³/mol. The van der Waals surface area contributed by atoms with E-state index in [0.29, 0.717) is 18.3 Å². The van der Waals surface area contributed by atoms with Crippen LogP contribution in [0.25, 0.3) is 11.4 Å². The van der Waals surface area contributed by atoms with E-state index < -0.39 is 0 Å². The van der Waals surface area contributed by atoms with Crippen molar-refractivity contribution < 1.29 is 9.26 Å². The molecule has 0 aliphatic carbocycles. The summed E-state index contributed by atoms with van der Waals surface area (Å²) in [5.41, 5.74) is 10.2. The van der Waals surface area contributed by atoms with E-state index in [9.17, 15) is 0 Å². The summed E-state index contributed by atoms with van der Waals surface area (Å²) in [5.74, 6) is 1.98. The summed E-state index contributed by atoms with van der Waals surface area (Å²) in [7, 11) is 1.64. The molecule has 6 nitrogen and oxygen atoms in total. The molecule has 6 heteroatoms. The van der Waals surface area contributed by atoms with E-state index in [-0.39, 0.29) is 0 Å². The molecule has 128 valence electrons. The second-order valence-electron chi connectivity index (χ2n) is 6.11. The fraction of sp³-hybridized carbons (Fsp3) is 0.263. The quantitative estimate of drug-likeness (QED) is 0.737. The van der Waals surface area contributed by atoms with Crippen LogP contribution in [0.5, 0.6) is 5.75 Å². The minimum absolute atomic E-state index is 0.583. The Labute approximate surface area is 146 Å². The van der Waals surface area contributed by atoms with Gasteiger partial charge in [0.05, 0.1) is 13.7 Å². The van der Waals surface area contributed by atoms with Crippen molar-refractivity contribution in [1.82, 2.24) is 10.1 Å². The van der Waals surface area contributed by atoms with Gasteiger partial charge in [0.2, 0.25) is 11.7 Å². The first-order chi connectivity index (χ1) is 12.2. The van der Waals surface area contributed by atoms with Crippen molar-refractivity contribution in [3.8, 4) is 17.1 Å². The van der Waals surface area contributed by atoms with Crippen LogP contribution in [0, 0.1) is 0 Å². The van der Waals surface area contributed by atoms with E-state index in [2.05, 4.69) is 21.1 Å². The van der Waals surface area contributed by atoms with Crippen LogP contribution >= 0.6 is 0 Å². The Hall–Kier alpha value is -3.02. The molecule has 4 rings (SSSR count). The molecule has 0 saturated heterocycles. The maximum Gasteiger partial charge on any atom is 0.246 e. The number of aromatic nitrogens is 2. The number of hydrogen-bond donors (Lipinski definition) is 1. The van der Waals surface area contributed by atoms with E-state index in [1.807, 2.05) is 36.4 Å². The molecule has 0 fully saturated rings. The van der Waals surface area contributed by atoms with Gasteiger partial charge in [0, 0.05) is 23.5 Å². The van der Waals surface area contributed by atoms with Crippen LogP contribution in [0.3, 0.4) is 0 Å². The molecule has 0 radical (unpaired) electrons. The first-order valence-corrected chi connectivity index (χ1v) is 8.34. The summed E-state index contributed by atoms with van der Waals surface area (Å²) >= 11 is 0. The van der Waals surface area contributed by atoms with Crippen molar-refractivity contribution in [3.05, 3.63) is 53.9 Å². The molecule has 1 aliphatic heterocycles. The predicted octanol–water partition coefficient (Wildman–Crippen LogP) is 3.28. The highest BCUT2D eigenvalue weighted by Crippen LogP contribution is 2.32. The number of hydrogen-bond acceptors (Lipinski definition) is 6. The first kappa shape index (κ1) is 15.5. The number of fused-ring (bicyclic) bond motifs is 1. The largest absolute Gasteiger partial charge is 0.497 e. The van der Waals surface area contributed by atoms with Crippen LogP contribution in [0.4, 0.5) is 11.4 Å². The van der Waals surface area contributed by atoms with E-state index in [1.165, 1.54) is 5.56 Å². The van der Waals surface area contributed by atoms with Gasteiger partial charge in [0.25, 0.3) is 0 Å². The molecule has 3 aromatic rings. The zero-order valence-corrected chi connectivity index (χ0v) is 14.1. The minimum atomic E-state index is 0.583. The van der Waals surface area contributed by atoms with Crippen LogP contribution in [0.15, 0.2) is 47.0 Å². The van der Waals surface area contributed by atoms with Gasteiger partial charge in [-0.3, -0.25) is 0 Å². The number of anilines is 2. The maximum absolute atomic E-state index is 6.11. The highest BCUT2D eigenvalue weighted by Gasteiger charge is 2.21. The van der Waals surface area contributed by atoms with Gasteiger partial charge in [-0.25, -0.2) is 0 Å². The fourth-order valence-electron chi connectivity index (χ4n) is 3.23. The Morgan fingerprint density at radius 3 is 2.84 bits per heavy atom. The molecule has 25 heavy (non-hydrogen) atoms. The van der Waals surface area contributed by atoms with Crippen molar-refractivity contribution in [2.75, 3.05) is 24.3 Å². The van der Waals surface area contributed by atoms with E-state index in [1.54, 1.807) is 7.11 Å². The van der Waals surface area contributed by atoms with Crippen LogP contribution < -0.4 is 15.4 Å². The number of nitrogen functional groups attached to an aromatic ring is 1. The second kappa shape index (κ2) is 6.47. The van der Waals surface area contributed by atoms with Crippen LogP contribution in [-0.2, 0) is 13.0 Å². The normalized spacial score (nSPS) is 13.6. The van der Waals surface area contributed by atoms with Gasteiger partial charge < -0.3 is 19.9 Å². The highest BCUT2D eigenvalue weighted by atomic mass is 16.5. The Balaban J connectivity index is 1.55. The molecule has 1 aromatic heterocycles. The summed E-state index contributed by atoms with van der Waals surface area (Å²) in [6, 6.07) is 13.7. The summed E-state index contributed by atoms with van der Waals surface area (Å²) in [4.78, 5) is 6.78. The fourth-order valence-corrected chi connectivity index (χ4v) is 3.23. The molecule has 0 saturated carbocycles. The Kier molecular flexibility index (Phi) is 4.01. The zero-order valence-electron chi connectivity index (χ0n) is 14.1. The monoisotopic (exact) mass is 336 g/mol. The number of benzene rings is 2. The van der Waals surface area contributed by atoms with Crippen molar-refractivity contribution in [1.29, 1.82) is 0 Å². The molecule has 0 unspecified atom stereocenters. The molecule has 0 bridgehead atoms. The van der Waals surface area contributed by atoms with Crippen molar-refractivity contribution in [2.45, 2.75) is 19.4 Å². The maximum atomic E-state index is 6.11. The van der Waals surface area contributed by atoms with Crippen LogP contribution in [0.1, 0.15) is 17.9 Å². The summed E-state index contributed by atoms with van der Waals surface area (Å²) in [6.07, 6.45) is 2.08. The third kappa shape index (κ3) is 3.03. The number of rotatable bonds is 4. The Morgan fingerprint density at radius 1 is 1.20 bits per heavy atom. The van der Waals surface area contributed by atoms with Gasteiger partial charge in [0.1, 0.15) is 5.75 Å². The molecule has 2 aromatic carbocycles. The second-order valence-corrected chi connectivity index (χ2v) is 6.11. The van der Waals surface area contributed by atoms with Gasteiger partial charge in [0.15, 0.2) is 0 Å². The van der Waals surface area contributed by atoms with E-state index in [0.717, 1.165) is 42.1 Å². The minimum Gasteiger partial charge on any atom is -0.497 e. The molecule has 2 heterocycles. The topological polar surface area (TPSA) is 77.4 Å². The summed E-state index contributed by atoms with van der Waals surface area (Å²) < 4.78 is 10.6. The number of methoxy groups -OCH3 is 1. The first-order valence-electron chi connectivity index (χ1n) is 8.34. The van der Waals surface area contributed by atoms with Crippen molar-refractivity contribution >= 4 is 11.4 Å². The molecular weight excluding hydrogens is 316 g/mol. The lowest BCUT2D eigenvalue weighted by molar-refractivity contribution is 0.375. The molecule has 0 amide bonds. The standard InChI is InChI=1S/C19H20N4O2/c1-24-14-9-7-13(8-10-14)19-21-18(25-22-19)12-23-11-3-4-15-16(20)5-2-6-17(15)23/h2,5-10H,3-4,11-12,20H2,1H3. The number of ether oxygens (including phenoxy) is 1. The lowest BCUT2D eigenvalue weighted by Crippen LogP contribution is -2.29. The Bertz CT molecular complexity index is 873. The lowest BCUT2D eigenvalue weighted by atomic mass is 10.00. The molecule has 2 N–H and O–H groups in total. The Morgan fingerprint density at radius 2 is 2.04 bits per heavy atom. The van der Waals surface area contributed by atoms with Gasteiger partial charge in [-0.1, -0.05) is 11.2 Å². The summed E-state index contributed by atoms with van der Waals surface area (Å²) in [6.45, 7) is 1.54. The average Bonchev–Trinajstić information content (AvgIpc) is 3.11. The highest BCUT2D eigenvalue weighted by molar-refractivity contribution is 5.66. The molecular formula is C19H20N4O2. The number of nitrogens with zero attached hydrogens (tertiary/aromatic N) is 3. The van der Waals surface area contributed by atoms with Gasteiger partial charge >= 0.3 is 0 Å². The molecule has 1 aliphatic rings. The summed E-state index contributed by atoms with van der Waals surface area (Å²) in [5, 5.41) is 4.10. The van der Waals surface area contributed by atoms with Gasteiger partial charge in [-0.05, 0) is 54.8 Å². The van der Waals surface area contributed by atoms with Gasteiger partial charge in [-0.2, -0.15) is 4.98 Å². The third-order valence-corrected chi connectivity index (χ3v) is 4.53. The van der Waals surface area contributed by atoms with Crippen LogP contribution in [-0.4, -0.2) is 23.8 Å².